The van der Waals surface area contributed by atoms with E-state index in [0.717, 1.165) is 36.1 Å². The van der Waals surface area contributed by atoms with Crippen LogP contribution in [-0.4, -0.2) is 41.2 Å². The summed E-state index contributed by atoms with van der Waals surface area (Å²) in [6.45, 7) is 1.79. The van der Waals surface area contributed by atoms with E-state index in [2.05, 4.69) is 26.2 Å². The molecule has 1 saturated heterocycles. The standard InChI is InChI=1S/C17H18BrN3O2/c18-13-3-5-14(6-4-13)19-11-16(22)12-9-15(20-10-12)17(23)21-7-1-2-8-21/h3-6,9-10,19-20H,1-2,7-8,11H2. The molecule has 2 N–H and O–H groups in total. The Kier molecular flexibility index (Phi) is 4.81. The maximum atomic E-state index is 12.3. The lowest BCUT2D eigenvalue weighted by atomic mass is 10.2. The van der Waals surface area contributed by atoms with Crippen molar-refractivity contribution in [3.63, 3.8) is 0 Å². The molecule has 1 fully saturated rings. The molecular weight excluding hydrogens is 358 g/mol. The number of aromatic nitrogens is 1. The van der Waals surface area contributed by atoms with Gasteiger partial charge in [0.25, 0.3) is 5.91 Å². The molecule has 1 aliphatic heterocycles. The van der Waals surface area contributed by atoms with Crippen LogP contribution in [0.1, 0.15) is 33.7 Å². The lowest BCUT2D eigenvalue weighted by molar-refractivity contribution is 0.0787. The molecule has 1 aliphatic rings. The highest BCUT2D eigenvalue weighted by atomic mass is 79.9. The number of carbonyl (C=O) groups excluding carboxylic acids is 2. The summed E-state index contributed by atoms with van der Waals surface area (Å²) in [5.74, 6) is -0.0768. The van der Waals surface area contributed by atoms with Crippen molar-refractivity contribution in [2.75, 3.05) is 25.0 Å². The molecule has 5 nitrogen and oxygen atoms in total. The van der Waals surface area contributed by atoms with Gasteiger partial charge in [-0.1, -0.05) is 15.9 Å². The van der Waals surface area contributed by atoms with Crippen molar-refractivity contribution in [2.45, 2.75) is 12.8 Å². The predicted octanol–water partition coefficient (Wildman–Crippen LogP) is 3.31. The van der Waals surface area contributed by atoms with Crippen LogP contribution in [0.15, 0.2) is 41.0 Å². The number of hydrogen-bond acceptors (Lipinski definition) is 3. The average Bonchev–Trinajstić information content (AvgIpc) is 3.25. The van der Waals surface area contributed by atoms with Gasteiger partial charge in [0.1, 0.15) is 5.69 Å². The number of aromatic amines is 1. The minimum absolute atomic E-state index is 0.0255. The summed E-state index contributed by atoms with van der Waals surface area (Å²) < 4.78 is 0.991. The van der Waals surface area contributed by atoms with Crippen molar-refractivity contribution in [2.24, 2.45) is 0 Å². The fourth-order valence-electron chi connectivity index (χ4n) is 2.62. The molecular formula is C17H18BrN3O2. The number of Topliss-reactive ketones (excluding diaryl/α,β-unsaturated/α-hetero) is 1. The molecule has 1 amide bonds. The van der Waals surface area contributed by atoms with Gasteiger partial charge in [0, 0.05) is 35.0 Å². The van der Waals surface area contributed by atoms with Crippen LogP contribution in [0.4, 0.5) is 5.69 Å². The molecule has 1 aromatic heterocycles. The zero-order valence-corrected chi connectivity index (χ0v) is 14.2. The van der Waals surface area contributed by atoms with E-state index in [0.29, 0.717) is 11.3 Å². The third-order valence-corrected chi connectivity index (χ3v) is 4.45. The third kappa shape index (κ3) is 3.82. The molecule has 23 heavy (non-hydrogen) atoms. The van der Waals surface area contributed by atoms with Crippen molar-refractivity contribution in [3.8, 4) is 0 Å². The number of amides is 1. The number of carbonyl (C=O) groups is 2. The molecule has 2 aromatic rings. The number of likely N-dealkylation sites (tertiary alicyclic amines) is 1. The quantitative estimate of drug-likeness (QED) is 0.787. The molecule has 0 atom stereocenters. The fourth-order valence-corrected chi connectivity index (χ4v) is 2.89. The first-order valence-electron chi connectivity index (χ1n) is 7.64. The number of nitrogens with one attached hydrogen (secondary N) is 2. The van der Waals surface area contributed by atoms with Gasteiger partial charge >= 0.3 is 0 Å². The fraction of sp³-hybridized carbons (Fsp3) is 0.294. The van der Waals surface area contributed by atoms with Crippen LogP contribution < -0.4 is 5.32 Å². The summed E-state index contributed by atoms with van der Waals surface area (Å²) in [6.07, 6.45) is 3.71. The van der Waals surface area contributed by atoms with Crippen molar-refractivity contribution in [1.82, 2.24) is 9.88 Å². The van der Waals surface area contributed by atoms with Gasteiger partial charge in [-0.3, -0.25) is 9.59 Å². The van der Waals surface area contributed by atoms with Crippen molar-refractivity contribution in [1.29, 1.82) is 0 Å². The number of hydrogen-bond donors (Lipinski definition) is 2. The number of nitrogens with zero attached hydrogens (tertiary/aromatic N) is 1. The minimum Gasteiger partial charge on any atom is -0.378 e. The Labute approximate surface area is 143 Å². The second-order valence-corrected chi connectivity index (χ2v) is 6.50. The first kappa shape index (κ1) is 15.8. The van der Waals surface area contributed by atoms with Crippen LogP contribution >= 0.6 is 15.9 Å². The number of H-pyrrole nitrogens is 1. The molecule has 0 unspecified atom stereocenters. The Bertz CT molecular complexity index is 703. The summed E-state index contributed by atoms with van der Waals surface area (Å²) in [4.78, 5) is 29.2. The van der Waals surface area contributed by atoms with E-state index in [4.69, 9.17) is 0 Å². The van der Waals surface area contributed by atoms with Gasteiger partial charge in [-0.25, -0.2) is 0 Å². The molecule has 6 heteroatoms. The van der Waals surface area contributed by atoms with Crippen molar-refractivity contribution >= 4 is 33.3 Å². The van der Waals surface area contributed by atoms with Gasteiger partial charge in [-0.15, -0.1) is 0 Å². The highest BCUT2D eigenvalue weighted by molar-refractivity contribution is 9.10. The number of rotatable bonds is 5. The predicted molar refractivity (Wildman–Crippen MR) is 92.9 cm³/mol. The van der Waals surface area contributed by atoms with Gasteiger partial charge in [-0.05, 0) is 43.2 Å². The Morgan fingerprint density at radius 1 is 1.17 bits per heavy atom. The summed E-state index contributed by atoms with van der Waals surface area (Å²) in [5, 5.41) is 3.08. The zero-order valence-electron chi connectivity index (χ0n) is 12.6. The van der Waals surface area contributed by atoms with Crippen LogP contribution in [-0.2, 0) is 0 Å². The van der Waals surface area contributed by atoms with Gasteiger partial charge < -0.3 is 15.2 Å². The second kappa shape index (κ2) is 7.00. The van der Waals surface area contributed by atoms with Crippen molar-refractivity contribution < 1.29 is 9.59 Å². The van der Waals surface area contributed by atoms with Gasteiger partial charge in [0.05, 0.1) is 6.54 Å². The molecule has 0 spiro atoms. The number of halogens is 1. The number of benzene rings is 1. The van der Waals surface area contributed by atoms with Crippen LogP contribution in [0.5, 0.6) is 0 Å². The maximum absolute atomic E-state index is 12.3. The Morgan fingerprint density at radius 2 is 1.87 bits per heavy atom. The summed E-state index contributed by atoms with van der Waals surface area (Å²) in [6, 6.07) is 9.27. The SMILES string of the molecule is O=C(CNc1ccc(Br)cc1)c1c[nH]c(C(=O)N2CCCC2)c1. The monoisotopic (exact) mass is 375 g/mol. The number of anilines is 1. The Morgan fingerprint density at radius 3 is 2.57 bits per heavy atom. The molecule has 0 saturated carbocycles. The molecule has 0 aliphatic carbocycles. The minimum atomic E-state index is -0.0513. The smallest absolute Gasteiger partial charge is 0.270 e. The normalized spacial score (nSPS) is 14.0. The Hall–Kier alpha value is -2.08. The molecule has 0 bridgehead atoms. The van der Waals surface area contributed by atoms with E-state index in [9.17, 15) is 9.59 Å². The van der Waals surface area contributed by atoms with Gasteiger partial charge in [0.15, 0.2) is 5.78 Å². The topological polar surface area (TPSA) is 65.2 Å². The van der Waals surface area contributed by atoms with Crippen LogP contribution in [0, 0.1) is 0 Å². The summed E-state index contributed by atoms with van der Waals surface area (Å²) in [5.41, 5.74) is 1.89. The average molecular weight is 376 g/mol. The molecule has 2 heterocycles. The molecule has 0 radical (unpaired) electrons. The van der Waals surface area contributed by atoms with Crippen LogP contribution in [0.3, 0.4) is 0 Å². The first-order chi connectivity index (χ1) is 11.1. The van der Waals surface area contributed by atoms with E-state index in [1.165, 1.54) is 0 Å². The van der Waals surface area contributed by atoms with E-state index < -0.39 is 0 Å². The highest BCUT2D eigenvalue weighted by Crippen LogP contribution is 2.15. The second-order valence-electron chi connectivity index (χ2n) is 5.58. The van der Waals surface area contributed by atoms with E-state index in [1.807, 2.05) is 29.2 Å². The number of ketones is 1. The largest absolute Gasteiger partial charge is 0.378 e. The molecule has 1 aromatic carbocycles. The zero-order chi connectivity index (χ0) is 16.2. The summed E-state index contributed by atoms with van der Waals surface area (Å²) >= 11 is 3.37. The van der Waals surface area contributed by atoms with Crippen LogP contribution in [0.2, 0.25) is 0 Å². The highest BCUT2D eigenvalue weighted by Gasteiger charge is 2.21. The van der Waals surface area contributed by atoms with E-state index >= 15 is 0 Å². The molecule has 3 rings (SSSR count). The van der Waals surface area contributed by atoms with E-state index in [-0.39, 0.29) is 18.2 Å². The molecule has 120 valence electrons. The van der Waals surface area contributed by atoms with Crippen molar-refractivity contribution in [3.05, 3.63) is 52.3 Å². The van der Waals surface area contributed by atoms with Gasteiger partial charge in [-0.2, -0.15) is 0 Å². The first-order valence-corrected chi connectivity index (χ1v) is 8.43. The van der Waals surface area contributed by atoms with Crippen LogP contribution in [0.25, 0.3) is 0 Å². The summed E-state index contributed by atoms with van der Waals surface area (Å²) in [7, 11) is 0. The Balaban J connectivity index is 1.59. The third-order valence-electron chi connectivity index (χ3n) is 3.93. The lowest BCUT2D eigenvalue weighted by Crippen LogP contribution is -2.27. The van der Waals surface area contributed by atoms with E-state index in [1.54, 1.807) is 12.3 Å². The maximum Gasteiger partial charge on any atom is 0.270 e. The van der Waals surface area contributed by atoms with Gasteiger partial charge in [0.2, 0.25) is 0 Å². The lowest BCUT2D eigenvalue weighted by Gasteiger charge is -2.13.